The van der Waals surface area contributed by atoms with Gasteiger partial charge < -0.3 is 0 Å². The van der Waals surface area contributed by atoms with Crippen LogP contribution in [-0.2, 0) is 0 Å². The standard InChI is InChI=1S/C12H18/c1-2-4-6-8-10-12-11-9-7-5-3-1/h1-2H,3-10H2. The van der Waals surface area contributed by atoms with Gasteiger partial charge in [0, 0.05) is 12.8 Å². The van der Waals surface area contributed by atoms with Crippen LogP contribution in [0.5, 0.6) is 0 Å². The second kappa shape index (κ2) is 6.98. The first-order valence-electron chi connectivity index (χ1n) is 5.11. The zero-order valence-corrected chi connectivity index (χ0v) is 7.81. The summed E-state index contributed by atoms with van der Waals surface area (Å²) in [5.41, 5.74) is 0. The molecule has 0 heterocycles. The second-order valence-corrected chi connectivity index (χ2v) is 3.32. The van der Waals surface area contributed by atoms with Crippen molar-refractivity contribution in [3.05, 3.63) is 12.2 Å². The fraction of sp³-hybridized carbons (Fsp3) is 0.667. The Balaban J connectivity index is 2.22. The van der Waals surface area contributed by atoms with E-state index in [2.05, 4.69) is 24.0 Å². The summed E-state index contributed by atoms with van der Waals surface area (Å²) in [4.78, 5) is 0. The quantitative estimate of drug-likeness (QED) is 0.376. The van der Waals surface area contributed by atoms with Crippen LogP contribution in [0.2, 0.25) is 0 Å². The highest BCUT2D eigenvalue weighted by atomic mass is 13.9. The molecule has 0 aromatic rings. The van der Waals surface area contributed by atoms with Crippen molar-refractivity contribution in [3.63, 3.8) is 0 Å². The lowest BCUT2D eigenvalue weighted by molar-refractivity contribution is 0.745. The van der Waals surface area contributed by atoms with E-state index >= 15 is 0 Å². The van der Waals surface area contributed by atoms with Gasteiger partial charge in [0.15, 0.2) is 0 Å². The first-order valence-corrected chi connectivity index (χ1v) is 5.11. The zero-order chi connectivity index (χ0) is 8.49. The van der Waals surface area contributed by atoms with Gasteiger partial charge in [0.2, 0.25) is 0 Å². The van der Waals surface area contributed by atoms with Crippen molar-refractivity contribution in [2.24, 2.45) is 0 Å². The Morgan fingerprint density at radius 1 is 0.667 bits per heavy atom. The highest BCUT2D eigenvalue weighted by molar-refractivity contribution is 4.99. The molecular weight excluding hydrogens is 144 g/mol. The smallest absolute Gasteiger partial charge is 0.00887 e. The average molecular weight is 162 g/mol. The molecule has 0 radical (unpaired) electrons. The van der Waals surface area contributed by atoms with Crippen LogP contribution in [0.25, 0.3) is 0 Å². The predicted molar refractivity (Wildman–Crippen MR) is 53.9 cm³/mol. The molecule has 66 valence electrons. The third-order valence-corrected chi connectivity index (χ3v) is 2.14. The minimum Gasteiger partial charge on any atom is -0.103 e. The van der Waals surface area contributed by atoms with Gasteiger partial charge in [0.05, 0.1) is 0 Å². The molecule has 0 amide bonds. The normalized spacial score (nSPS) is 20.0. The van der Waals surface area contributed by atoms with Crippen LogP contribution >= 0.6 is 0 Å². The zero-order valence-electron chi connectivity index (χ0n) is 7.81. The maximum Gasteiger partial charge on any atom is 0.00887 e. The molecule has 0 spiro atoms. The lowest BCUT2D eigenvalue weighted by Crippen LogP contribution is -1.77. The van der Waals surface area contributed by atoms with Crippen molar-refractivity contribution in [1.29, 1.82) is 0 Å². The Hall–Kier alpha value is -0.700. The molecule has 0 unspecified atom stereocenters. The molecule has 12 heavy (non-hydrogen) atoms. The van der Waals surface area contributed by atoms with Crippen LogP contribution in [0.4, 0.5) is 0 Å². The molecule has 0 bridgehead atoms. The highest BCUT2D eigenvalue weighted by Gasteiger charge is 1.87. The van der Waals surface area contributed by atoms with Crippen molar-refractivity contribution >= 4 is 0 Å². The molecule has 0 atom stereocenters. The van der Waals surface area contributed by atoms with Crippen molar-refractivity contribution in [2.75, 3.05) is 0 Å². The van der Waals surface area contributed by atoms with Crippen molar-refractivity contribution < 1.29 is 0 Å². The Bertz CT molecular complexity index is 160. The minimum absolute atomic E-state index is 1.10. The summed E-state index contributed by atoms with van der Waals surface area (Å²) in [6, 6.07) is 0. The molecule has 0 N–H and O–H groups in total. The molecule has 1 aliphatic carbocycles. The summed E-state index contributed by atoms with van der Waals surface area (Å²) in [7, 11) is 0. The van der Waals surface area contributed by atoms with Gasteiger partial charge in [-0.25, -0.2) is 0 Å². The third kappa shape index (κ3) is 5.02. The molecule has 0 saturated heterocycles. The lowest BCUT2D eigenvalue weighted by Gasteiger charge is -1.95. The molecule has 0 saturated carbocycles. The molecule has 0 aromatic carbocycles. The van der Waals surface area contributed by atoms with Crippen molar-refractivity contribution in [2.45, 2.75) is 51.4 Å². The largest absolute Gasteiger partial charge is 0.103 e. The summed E-state index contributed by atoms with van der Waals surface area (Å²) in [6.45, 7) is 0. The summed E-state index contributed by atoms with van der Waals surface area (Å²) < 4.78 is 0. The monoisotopic (exact) mass is 162 g/mol. The number of hydrogen-bond donors (Lipinski definition) is 0. The van der Waals surface area contributed by atoms with E-state index in [9.17, 15) is 0 Å². The van der Waals surface area contributed by atoms with Crippen LogP contribution in [0.15, 0.2) is 12.2 Å². The summed E-state index contributed by atoms with van der Waals surface area (Å²) in [5, 5.41) is 0. The molecule has 0 heteroatoms. The van der Waals surface area contributed by atoms with Crippen molar-refractivity contribution in [3.8, 4) is 11.8 Å². The van der Waals surface area contributed by atoms with Gasteiger partial charge in [-0.1, -0.05) is 12.2 Å². The molecule has 0 aliphatic heterocycles. The van der Waals surface area contributed by atoms with E-state index in [1.165, 1.54) is 38.5 Å². The van der Waals surface area contributed by atoms with E-state index in [0.29, 0.717) is 0 Å². The Labute approximate surface area is 76.1 Å². The Morgan fingerprint density at radius 3 is 1.67 bits per heavy atom. The molecular formula is C12H18. The van der Waals surface area contributed by atoms with Gasteiger partial charge in [-0.15, -0.1) is 11.8 Å². The van der Waals surface area contributed by atoms with Crippen LogP contribution in [0, 0.1) is 11.8 Å². The van der Waals surface area contributed by atoms with E-state index in [0.717, 1.165) is 12.8 Å². The second-order valence-electron chi connectivity index (χ2n) is 3.32. The number of hydrogen-bond acceptors (Lipinski definition) is 0. The Kier molecular flexibility index (Phi) is 5.46. The fourth-order valence-corrected chi connectivity index (χ4v) is 1.36. The van der Waals surface area contributed by atoms with E-state index in [1.807, 2.05) is 0 Å². The van der Waals surface area contributed by atoms with E-state index in [4.69, 9.17) is 0 Å². The average Bonchev–Trinajstić information content (AvgIpc) is 2.05. The summed E-state index contributed by atoms with van der Waals surface area (Å²) >= 11 is 0. The number of rotatable bonds is 0. The maximum atomic E-state index is 3.23. The maximum absolute atomic E-state index is 3.23. The van der Waals surface area contributed by atoms with Gasteiger partial charge in [0.25, 0.3) is 0 Å². The summed E-state index contributed by atoms with van der Waals surface area (Å²) in [5.74, 6) is 6.46. The predicted octanol–water partition coefficient (Wildman–Crippen LogP) is 3.68. The van der Waals surface area contributed by atoms with E-state index in [1.54, 1.807) is 0 Å². The van der Waals surface area contributed by atoms with Gasteiger partial charge >= 0.3 is 0 Å². The van der Waals surface area contributed by atoms with Crippen LogP contribution < -0.4 is 0 Å². The SMILES string of the molecule is C1#CCCCCC=CCCCC1. The Morgan fingerprint density at radius 2 is 1.17 bits per heavy atom. The number of allylic oxidation sites excluding steroid dienone is 2. The van der Waals surface area contributed by atoms with Crippen molar-refractivity contribution in [1.82, 2.24) is 0 Å². The first-order chi connectivity index (χ1) is 6.00. The minimum atomic E-state index is 1.10. The highest BCUT2D eigenvalue weighted by Crippen LogP contribution is 2.05. The topological polar surface area (TPSA) is 0 Å². The van der Waals surface area contributed by atoms with E-state index < -0.39 is 0 Å². The van der Waals surface area contributed by atoms with Gasteiger partial charge in [0.1, 0.15) is 0 Å². The fourth-order valence-electron chi connectivity index (χ4n) is 1.36. The summed E-state index contributed by atoms with van der Waals surface area (Å²) in [6.07, 6.45) is 14.5. The van der Waals surface area contributed by atoms with Crippen LogP contribution in [0.3, 0.4) is 0 Å². The first kappa shape index (κ1) is 9.39. The molecule has 0 aromatic heterocycles. The van der Waals surface area contributed by atoms with Gasteiger partial charge in [-0.2, -0.15) is 0 Å². The lowest BCUT2D eigenvalue weighted by atomic mass is 10.1. The van der Waals surface area contributed by atoms with Crippen LogP contribution in [-0.4, -0.2) is 0 Å². The van der Waals surface area contributed by atoms with Gasteiger partial charge in [-0.3, -0.25) is 0 Å². The molecule has 1 rings (SSSR count). The van der Waals surface area contributed by atoms with Crippen LogP contribution in [0.1, 0.15) is 51.4 Å². The third-order valence-electron chi connectivity index (χ3n) is 2.14. The molecule has 1 aliphatic rings. The molecule has 0 fully saturated rings. The molecule has 0 nitrogen and oxygen atoms in total. The van der Waals surface area contributed by atoms with Gasteiger partial charge in [-0.05, 0) is 38.5 Å². The van der Waals surface area contributed by atoms with E-state index in [-0.39, 0.29) is 0 Å².